The zero-order valence-corrected chi connectivity index (χ0v) is 21.8. The van der Waals surface area contributed by atoms with Crippen LogP contribution in [0.1, 0.15) is 86.8 Å². The van der Waals surface area contributed by atoms with E-state index in [2.05, 4.69) is 10.6 Å². The molecule has 0 radical (unpaired) electrons. The van der Waals surface area contributed by atoms with Crippen molar-refractivity contribution in [2.45, 2.75) is 98.4 Å². The summed E-state index contributed by atoms with van der Waals surface area (Å²) >= 11 is 0. The Hall–Kier alpha value is -2.57. The Kier molecular flexibility index (Phi) is 10.4. The number of alkyl carbamates (subject to hydrolysis) is 1. The Labute approximate surface area is 199 Å². The van der Waals surface area contributed by atoms with Crippen LogP contribution in [0.5, 0.6) is 0 Å². The largest absolute Gasteiger partial charge is 0.444 e. The smallest absolute Gasteiger partial charge is 0.408 e. The second kappa shape index (κ2) is 12.1. The molecule has 3 unspecified atom stereocenters. The molecule has 186 valence electrons. The molecule has 0 fully saturated rings. The van der Waals surface area contributed by atoms with Gasteiger partial charge < -0.3 is 20.3 Å². The summed E-state index contributed by atoms with van der Waals surface area (Å²) in [6, 6.07) is 7.65. The fraction of sp³-hybridized carbons (Fsp3) is 0.654. The number of ether oxygens (including phenoxy) is 1. The normalized spacial score (nSPS) is 14.6. The highest BCUT2D eigenvalue weighted by molar-refractivity contribution is 5.92. The molecule has 0 bridgehead atoms. The molecule has 0 saturated heterocycles. The Morgan fingerprint density at radius 1 is 1.00 bits per heavy atom. The van der Waals surface area contributed by atoms with E-state index in [0.29, 0.717) is 19.4 Å². The molecule has 33 heavy (non-hydrogen) atoms. The standard InChI is InChI=1S/C26H43N3O4/c1-10-17-29(21(19-15-13-12-14-16-19)22(30)28-25(4,5)6)23(31)20(18(3)11-2)27-24(32)33-26(7,8)9/h12-16,18,20-21H,10-11,17H2,1-9H3,(H,27,32)(H,28,30). The van der Waals surface area contributed by atoms with Crippen molar-refractivity contribution in [2.75, 3.05) is 6.54 Å². The molecule has 0 heterocycles. The molecule has 1 aromatic rings. The van der Waals surface area contributed by atoms with Crippen LogP contribution < -0.4 is 10.6 Å². The molecule has 3 amide bonds. The highest BCUT2D eigenvalue weighted by Gasteiger charge is 2.38. The monoisotopic (exact) mass is 461 g/mol. The van der Waals surface area contributed by atoms with E-state index in [9.17, 15) is 14.4 Å². The van der Waals surface area contributed by atoms with Gasteiger partial charge in [0.05, 0.1) is 0 Å². The lowest BCUT2D eigenvalue weighted by atomic mass is 9.95. The predicted octanol–water partition coefficient (Wildman–Crippen LogP) is 4.82. The van der Waals surface area contributed by atoms with E-state index in [0.717, 1.165) is 5.56 Å². The number of carbonyl (C=O) groups is 3. The van der Waals surface area contributed by atoms with Crippen LogP contribution >= 0.6 is 0 Å². The van der Waals surface area contributed by atoms with Crippen molar-refractivity contribution in [1.29, 1.82) is 0 Å². The molecule has 0 aliphatic carbocycles. The van der Waals surface area contributed by atoms with Crippen molar-refractivity contribution in [3.8, 4) is 0 Å². The Morgan fingerprint density at radius 3 is 2.03 bits per heavy atom. The molecular weight excluding hydrogens is 418 g/mol. The summed E-state index contributed by atoms with van der Waals surface area (Å²) in [5.74, 6) is -0.697. The van der Waals surface area contributed by atoms with E-state index in [4.69, 9.17) is 4.74 Å². The van der Waals surface area contributed by atoms with Gasteiger partial charge in [-0.2, -0.15) is 0 Å². The number of nitrogens with one attached hydrogen (secondary N) is 2. The number of hydrogen-bond acceptors (Lipinski definition) is 4. The van der Waals surface area contributed by atoms with Gasteiger partial charge in [0.1, 0.15) is 17.7 Å². The lowest BCUT2D eigenvalue weighted by Gasteiger charge is -2.37. The van der Waals surface area contributed by atoms with Crippen LogP contribution in [0.15, 0.2) is 30.3 Å². The number of carbonyl (C=O) groups excluding carboxylic acids is 3. The quantitative estimate of drug-likeness (QED) is 0.552. The zero-order chi connectivity index (χ0) is 25.4. The minimum absolute atomic E-state index is 0.147. The number of hydrogen-bond donors (Lipinski definition) is 2. The third kappa shape index (κ3) is 9.44. The minimum Gasteiger partial charge on any atom is -0.444 e. The highest BCUT2D eigenvalue weighted by atomic mass is 16.6. The maximum absolute atomic E-state index is 13.9. The van der Waals surface area contributed by atoms with Gasteiger partial charge in [-0.05, 0) is 59.4 Å². The lowest BCUT2D eigenvalue weighted by Crippen LogP contribution is -2.56. The van der Waals surface area contributed by atoms with E-state index in [1.807, 2.05) is 71.9 Å². The topological polar surface area (TPSA) is 87.7 Å². The first-order chi connectivity index (χ1) is 15.2. The number of amides is 3. The summed E-state index contributed by atoms with van der Waals surface area (Å²) < 4.78 is 5.41. The van der Waals surface area contributed by atoms with Gasteiger partial charge in [-0.25, -0.2) is 4.79 Å². The van der Waals surface area contributed by atoms with Crippen LogP contribution in [0.25, 0.3) is 0 Å². The molecule has 3 atom stereocenters. The van der Waals surface area contributed by atoms with Crippen molar-refractivity contribution in [2.24, 2.45) is 5.92 Å². The van der Waals surface area contributed by atoms with Crippen LogP contribution in [0, 0.1) is 5.92 Å². The predicted molar refractivity (Wildman–Crippen MR) is 132 cm³/mol. The average Bonchev–Trinajstić information content (AvgIpc) is 2.68. The lowest BCUT2D eigenvalue weighted by molar-refractivity contribution is -0.144. The van der Waals surface area contributed by atoms with E-state index in [1.165, 1.54) is 0 Å². The van der Waals surface area contributed by atoms with E-state index in [1.54, 1.807) is 25.7 Å². The SMILES string of the molecule is CCCN(C(=O)C(NC(=O)OC(C)(C)C)C(C)CC)C(C(=O)NC(C)(C)C)c1ccccc1. The maximum Gasteiger partial charge on any atom is 0.408 e. The number of benzene rings is 1. The molecule has 1 rings (SSSR count). The van der Waals surface area contributed by atoms with Gasteiger partial charge in [0, 0.05) is 12.1 Å². The van der Waals surface area contributed by atoms with Gasteiger partial charge in [-0.1, -0.05) is 57.5 Å². The van der Waals surface area contributed by atoms with Crippen LogP contribution in [0.3, 0.4) is 0 Å². The summed E-state index contributed by atoms with van der Waals surface area (Å²) in [7, 11) is 0. The molecule has 0 spiro atoms. The number of nitrogens with zero attached hydrogens (tertiary/aromatic N) is 1. The molecule has 0 aromatic heterocycles. The van der Waals surface area contributed by atoms with Gasteiger partial charge in [0.2, 0.25) is 11.8 Å². The van der Waals surface area contributed by atoms with Crippen molar-refractivity contribution in [1.82, 2.24) is 15.5 Å². The Balaban J connectivity index is 3.41. The third-order valence-corrected chi connectivity index (χ3v) is 5.07. The molecule has 0 aliphatic rings. The molecule has 7 heteroatoms. The van der Waals surface area contributed by atoms with Crippen LogP contribution in [-0.4, -0.2) is 46.5 Å². The second-order valence-electron chi connectivity index (χ2n) is 10.6. The summed E-state index contributed by atoms with van der Waals surface area (Å²) in [5.41, 5.74) is -0.424. The zero-order valence-electron chi connectivity index (χ0n) is 21.8. The minimum atomic E-state index is -0.815. The molecule has 0 saturated carbocycles. The molecule has 7 nitrogen and oxygen atoms in total. The van der Waals surface area contributed by atoms with E-state index in [-0.39, 0.29) is 17.7 Å². The summed E-state index contributed by atoms with van der Waals surface area (Å²) in [4.78, 5) is 41.5. The molecular formula is C26H43N3O4. The fourth-order valence-corrected chi connectivity index (χ4v) is 3.45. The first-order valence-electron chi connectivity index (χ1n) is 11.9. The van der Waals surface area contributed by atoms with Crippen LogP contribution in [0.4, 0.5) is 4.79 Å². The Bertz CT molecular complexity index is 781. The van der Waals surface area contributed by atoms with E-state index >= 15 is 0 Å². The summed E-state index contributed by atoms with van der Waals surface area (Å²) in [6.07, 6.45) is 0.696. The summed E-state index contributed by atoms with van der Waals surface area (Å²) in [5, 5.41) is 5.79. The maximum atomic E-state index is 13.9. The molecule has 0 aliphatic heterocycles. The van der Waals surface area contributed by atoms with Gasteiger partial charge in [0.15, 0.2) is 0 Å². The first-order valence-corrected chi connectivity index (χ1v) is 11.9. The van der Waals surface area contributed by atoms with Gasteiger partial charge >= 0.3 is 6.09 Å². The average molecular weight is 462 g/mol. The third-order valence-electron chi connectivity index (χ3n) is 5.07. The Morgan fingerprint density at radius 2 is 1.58 bits per heavy atom. The first kappa shape index (κ1) is 28.5. The van der Waals surface area contributed by atoms with Crippen molar-refractivity contribution >= 4 is 17.9 Å². The number of rotatable bonds is 9. The van der Waals surface area contributed by atoms with Crippen LogP contribution in [-0.2, 0) is 14.3 Å². The van der Waals surface area contributed by atoms with Gasteiger partial charge in [-0.15, -0.1) is 0 Å². The van der Waals surface area contributed by atoms with Crippen molar-refractivity contribution in [3.63, 3.8) is 0 Å². The van der Waals surface area contributed by atoms with Crippen LogP contribution in [0.2, 0.25) is 0 Å². The van der Waals surface area contributed by atoms with Gasteiger partial charge in [0.25, 0.3) is 0 Å². The molecule has 1 aromatic carbocycles. The second-order valence-corrected chi connectivity index (χ2v) is 10.6. The fourth-order valence-electron chi connectivity index (χ4n) is 3.45. The van der Waals surface area contributed by atoms with E-state index < -0.39 is 29.3 Å². The van der Waals surface area contributed by atoms with Gasteiger partial charge in [-0.3, -0.25) is 9.59 Å². The molecule has 2 N–H and O–H groups in total. The van der Waals surface area contributed by atoms with Crippen molar-refractivity contribution in [3.05, 3.63) is 35.9 Å². The van der Waals surface area contributed by atoms with Crippen molar-refractivity contribution < 1.29 is 19.1 Å². The summed E-state index contributed by atoms with van der Waals surface area (Å²) in [6.45, 7) is 17.3. The highest BCUT2D eigenvalue weighted by Crippen LogP contribution is 2.25.